The molecule has 2 aromatic carbocycles. The molecule has 1 heterocycles. The number of benzene rings is 2. The van der Waals surface area contributed by atoms with Crippen LogP contribution >= 0.6 is 15.9 Å². The fourth-order valence-corrected chi connectivity index (χ4v) is 2.57. The van der Waals surface area contributed by atoms with Crippen molar-refractivity contribution in [2.75, 3.05) is 12.5 Å². The van der Waals surface area contributed by atoms with Crippen LogP contribution in [0.2, 0.25) is 0 Å². The van der Waals surface area contributed by atoms with Crippen LogP contribution in [0.25, 0.3) is 5.69 Å². The topological polar surface area (TPSA) is 68.5 Å². The normalized spacial score (nSPS) is 10.8. The molecule has 25 heavy (non-hydrogen) atoms. The number of nitrogens with one attached hydrogen (secondary N) is 1. The van der Waals surface area contributed by atoms with Gasteiger partial charge in [0.1, 0.15) is 10.2 Å². The van der Waals surface area contributed by atoms with Crippen molar-refractivity contribution in [3.05, 3.63) is 81.2 Å². The highest BCUT2D eigenvalue weighted by atomic mass is 79.9. The molecule has 1 N–H and O–H groups in total. The highest BCUT2D eigenvalue weighted by Crippen LogP contribution is 2.18. The van der Waals surface area contributed by atoms with E-state index in [0.717, 1.165) is 5.56 Å². The molecule has 0 saturated heterocycles. The predicted octanol–water partition coefficient (Wildman–Crippen LogP) is 3.45. The minimum atomic E-state index is -0.274. The summed E-state index contributed by atoms with van der Waals surface area (Å²) in [6.07, 6.45) is 3.16. The summed E-state index contributed by atoms with van der Waals surface area (Å²) in [6, 6.07) is 16.7. The molecule has 0 saturated carbocycles. The SMILES string of the molecule is COc1ccccc1/C=N\Nc1cnn(-c2ccccc2)c(=O)c1Br. The zero-order valence-corrected chi connectivity index (χ0v) is 15.0. The van der Waals surface area contributed by atoms with Crippen molar-refractivity contribution in [1.82, 2.24) is 9.78 Å². The zero-order valence-electron chi connectivity index (χ0n) is 13.4. The highest BCUT2D eigenvalue weighted by molar-refractivity contribution is 9.10. The Morgan fingerprint density at radius 1 is 1.16 bits per heavy atom. The van der Waals surface area contributed by atoms with E-state index >= 15 is 0 Å². The number of hydrazone groups is 1. The summed E-state index contributed by atoms with van der Waals surface area (Å²) in [6.45, 7) is 0. The number of aromatic nitrogens is 2. The summed E-state index contributed by atoms with van der Waals surface area (Å²) in [5, 5.41) is 8.33. The number of nitrogens with zero attached hydrogens (tertiary/aromatic N) is 3. The molecule has 0 aliphatic rings. The quantitative estimate of drug-likeness (QED) is 0.527. The minimum absolute atomic E-state index is 0.274. The summed E-state index contributed by atoms with van der Waals surface area (Å²) in [5.41, 5.74) is 4.54. The summed E-state index contributed by atoms with van der Waals surface area (Å²) < 4.78 is 6.93. The average Bonchev–Trinajstić information content (AvgIpc) is 2.66. The second-order valence-electron chi connectivity index (χ2n) is 5.04. The van der Waals surface area contributed by atoms with Gasteiger partial charge < -0.3 is 4.74 Å². The first-order valence-corrected chi connectivity index (χ1v) is 8.25. The van der Waals surface area contributed by atoms with Gasteiger partial charge in [-0.25, -0.2) is 0 Å². The van der Waals surface area contributed by atoms with E-state index in [1.165, 1.54) is 10.9 Å². The van der Waals surface area contributed by atoms with Crippen LogP contribution in [0.15, 0.2) is 75.2 Å². The van der Waals surface area contributed by atoms with Crippen LogP contribution in [0, 0.1) is 0 Å². The number of anilines is 1. The lowest BCUT2D eigenvalue weighted by Crippen LogP contribution is -2.22. The molecule has 0 spiro atoms. The molecule has 0 radical (unpaired) electrons. The smallest absolute Gasteiger partial charge is 0.287 e. The molecule has 1 aromatic heterocycles. The third-order valence-corrected chi connectivity index (χ3v) is 4.21. The van der Waals surface area contributed by atoms with E-state index in [2.05, 4.69) is 31.6 Å². The van der Waals surface area contributed by atoms with Gasteiger partial charge in [0.2, 0.25) is 0 Å². The van der Waals surface area contributed by atoms with Crippen molar-refractivity contribution in [2.24, 2.45) is 5.10 Å². The fraction of sp³-hybridized carbons (Fsp3) is 0.0556. The molecule has 0 unspecified atom stereocenters. The molecule has 0 amide bonds. The second kappa shape index (κ2) is 7.76. The van der Waals surface area contributed by atoms with Gasteiger partial charge in [0, 0.05) is 5.56 Å². The van der Waals surface area contributed by atoms with Gasteiger partial charge in [-0.05, 0) is 40.2 Å². The maximum absolute atomic E-state index is 12.5. The standard InChI is InChI=1S/C18H15BrN4O2/c1-25-16-10-6-5-7-13(16)11-20-22-15-12-21-23(18(24)17(15)19)14-8-3-2-4-9-14/h2-12,22H,1H3/b20-11-. The molecule has 7 heteroatoms. The van der Waals surface area contributed by atoms with Crippen LogP contribution in [-0.4, -0.2) is 23.1 Å². The Bertz CT molecular complexity index is 955. The molecule has 6 nitrogen and oxygen atoms in total. The molecule has 126 valence electrons. The first-order valence-electron chi connectivity index (χ1n) is 7.46. The van der Waals surface area contributed by atoms with E-state index in [-0.39, 0.29) is 5.56 Å². The van der Waals surface area contributed by atoms with Crippen LogP contribution in [0.3, 0.4) is 0 Å². The van der Waals surface area contributed by atoms with Crippen LogP contribution in [0.5, 0.6) is 5.75 Å². The monoisotopic (exact) mass is 398 g/mol. The van der Waals surface area contributed by atoms with E-state index < -0.39 is 0 Å². The minimum Gasteiger partial charge on any atom is -0.496 e. The summed E-state index contributed by atoms with van der Waals surface area (Å²) in [5.74, 6) is 0.713. The number of halogens is 1. The molecular weight excluding hydrogens is 384 g/mol. The first-order chi connectivity index (χ1) is 12.2. The van der Waals surface area contributed by atoms with Gasteiger partial charge in [0.05, 0.1) is 30.9 Å². The molecule has 3 rings (SSSR count). The van der Waals surface area contributed by atoms with E-state index in [4.69, 9.17) is 4.74 Å². The van der Waals surface area contributed by atoms with Crippen LogP contribution < -0.4 is 15.7 Å². The Balaban J connectivity index is 1.83. The zero-order chi connectivity index (χ0) is 17.6. The number of hydrogen-bond donors (Lipinski definition) is 1. The third-order valence-electron chi connectivity index (χ3n) is 3.45. The Hall–Kier alpha value is -2.93. The van der Waals surface area contributed by atoms with E-state index in [1.54, 1.807) is 13.3 Å². The molecule has 3 aromatic rings. The maximum Gasteiger partial charge on any atom is 0.287 e. The molecule has 0 bridgehead atoms. The van der Waals surface area contributed by atoms with Gasteiger partial charge in [-0.15, -0.1) is 0 Å². The van der Waals surface area contributed by atoms with Crippen LogP contribution in [0.4, 0.5) is 5.69 Å². The predicted molar refractivity (Wildman–Crippen MR) is 102 cm³/mol. The van der Waals surface area contributed by atoms with Crippen molar-refractivity contribution >= 4 is 27.8 Å². The van der Waals surface area contributed by atoms with Gasteiger partial charge in [0.25, 0.3) is 5.56 Å². The van der Waals surface area contributed by atoms with Crippen molar-refractivity contribution in [3.63, 3.8) is 0 Å². The van der Waals surface area contributed by atoms with Gasteiger partial charge in [-0.3, -0.25) is 10.2 Å². The van der Waals surface area contributed by atoms with Gasteiger partial charge >= 0.3 is 0 Å². The highest BCUT2D eigenvalue weighted by Gasteiger charge is 2.09. The maximum atomic E-state index is 12.5. The number of rotatable bonds is 5. The average molecular weight is 399 g/mol. The summed E-state index contributed by atoms with van der Waals surface area (Å²) in [7, 11) is 1.60. The van der Waals surface area contributed by atoms with E-state index in [0.29, 0.717) is 21.6 Å². The number of ether oxygens (including phenoxy) is 1. The second-order valence-corrected chi connectivity index (χ2v) is 5.83. The van der Waals surface area contributed by atoms with Gasteiger partial charge in [0.15, 0.2) is 0 Å². The van der Waals surface area contributed by atoms with E-state index in [1.807, 2.05) is 54.6 Å². The largest absolute Gasteiger partial charge is 0.496 e. The van der Waals surface area contributed by atoms with E-state index in [9.17, 15) is 4.79 Å². The molecule has 0 atom stereocenters. The van der Waals surface area contributed by atoms with Crippen molar-refractivity contribution < 1.29 is 4.74 Å². The number of hydrogen-bond acceptors (Lipinski definition) is 5. The van der Waals surface area contributed by atoms with Crippen molar-refractivity contribution in [2.45, 2.75) is 0 Å². The Kier molecular flexibility index (Phi) is 5.25. The lowest BCUT2D eigenvalue weighted by atomic mass is 10.2. The number of methoxy groups -OCH3 is 1. The summed E-state index contributed by atoms with van der Waals surface area (Å²) >= 11 is 3.31. The van der Waals surface area contributed by atoms with Crippen LogP contribution in [-0.2, 0) is 0 Å². The number of para-hydroxylation sites is 2. The molecular formula is C18H15BrN4O2. The lowest BCUT2D eigenvalue weighted by molar-refractivity contribution is 0.414. The molecule has 0 aliphatic heterocycles. The van der Waals surface area contributed by atoms with Crippen LogP contribution in [0.1, 0.15) is 5.56 Å². The Morgan fingerprint density at radius 2 is 1.88 bits per heavy atom. The molecule has 0 aliphatic carbocycles. The Labute approximate surface area is 152 Å². The first kappa shape index (κ1) is 16.9. The third kappa shape index (κ3) is 3.77. The molecule has 0 fully saturated rings. The van der Waals surface area contributed by atoms with Crippen molar-refractivity contribution in [1.29, 1.82) is 0 Å². The lowest BCUT2D eigenvalue weighted by Gasteiger charge is -2.08. The Morgan fingerprint density at radius 3 is 2.64 bits per heavy atom. The van der Waals surface area contributed by atoms with Gasteiger partial charge in [-0.2, -0.15) is 14.9 Å². The van der Waals surface area contributed by atoms with Gasteiger partial charge in [-0.1, -0.05) is 30.3 Å². The summed E-state index contributed by atoms with van der Waals surface area (Å²) in [4.78, 5) is 12.5. The van der Waals surface area contributed by atoms with Crippen molar-refractivity contribution in [3.8, 4) is 11.4 Å². The fourth-order valence-electron chi connectivity index (χ4n) is 2.21.